The molecule has 0 N–H and O–H groups in total. The summed E-state index contributed by atoms with van der Waals surface area (Å²) in [5.74, 6) is 0.281. The van der Waals surface area contributed by atoms with Gasteiger partial charge in [-0.05, 0) is 38.2 Å². The fourth-order valence-corrected chi connectivity index (χ4v) is 3.92. The Morgan fingerprint density at radius 3 is 2.36 bits per heavy atom. The number of aromatic nitrogens is 3. The summed E-state index contributed by atoms with van der Waals surface area (Å²) >= 11 is 0. The monoisotopic (exact) mass is 396 g/mol. The zero-order valence-electron chi connectivity index (χ0n) is 16.6. The van der Waals surface area contributed by atoms with E-state index in [4.69, 9.17) is 0 Å². The van der Waals surface area contributed by atoms with Crippen LogP contribution < -0.4 is 0 Å². The minimum atomic E-state index is -4.49. The van der Waals surface area contributed by atoms with Gasteiger partial charge >= 0.3 is 6.18 Å². The van der Waals surface area contributed by atoms with Gasteiger partial charge in [0.2, 0.25) is 5.91 Å². The predicted molar refractivity (Wildman–Crippen MR) is 100.0 cm³/mol. The van der Waals surface area contributed by atoms with Gasteiger partial charge in [-0.2, -0.15) is 18.3 Å². The van der Waals surface area contributed by atoms with Gasteiger partial charge in [0.15, 0.2) is 5.65 Å². The van der Waals surface area contributed by atoms with E-state index >= 15 is 0 Å². The number of rotatable bonds is 5. The third-order valence-corrected chi connectivity index (χ3v) is 5.71. The van der Waals surface area contributed by atoms with Crippen LogP contribution in [0.1, 0.15) is 69.5 Å². The molecule has 0 radical (unpaired) electrons. The van der Waals surface area contributed by atoms with Gasteiger partial charge in [0, 0.05) is 36.7 Å². The first-order valence-electron chi connectivity index (χ1n) is 10.0. The summed E-state index contributed by atoms with van der Waals surface area (Å²) in [4.78, 5) is 18.7. The second-order valence-corrected chi connectivity index (χ2v) is 7.44. The SMILES string of the molecule is CCc1cc(C(F)(F)F)n2nc(C3CCN(C(=O)C(CC)CC)CC3)cc2n1. The Morgan fingerprint density at radius 1 is 1.18 bits per heavy atom. The topological polar surface area (TPSA) is 50.5 Å². The first-order chi connectivity index (χ1) is 13.3. The van der Waals surface area contributed by atoms with Crippen LogP contribution >= 0.6 is 0 Å². The largest absolute Gasteiger partial charge is 0.433 e. The average molecular weight is 396 g/mol. The lowest BCUT2D eigenvalue weighted by atomic mass is 9.92. The molecule has 0 atom stereocenters. The molecule has 0 saturated carbocycles. The molecule has 3 heterocycles. The van der Waals surface area contributed by atoms with Crippen molar-refractivity contribution in [3.63, 3.8) is 0 Å². The lowest BCUT2D eigenvalue weighted by Crippen LogP contribution is -2.41. The van der Waals surface area contributed by atoms with Gasteiger partial charge in [0.05, 0.1) is 5.69 Å². The summed E-state index contributed by atoms with van der Waals surface area (Å²) in [6.45, 7) is 7.06. The molecule has 1 aliphatic heterocycles. The van der Waals surface area contributed by atoms with Gasteiger partial charge in [0.25, 0.3) is 0 Å². The molecule has 154 valence electrons. The zero-order valence-corrected chi connectivity index (χ0v) is 16.6. The molecule has 3 rings (SSSR count). The second-order valence-electron chi connectivity index (χ2n) is 7.44. The number of carbonyl (C=O) groups excluding carboxylic acids is 1. The van der Waals surface area contributed by atoms with E-state index in [0.29, 0.717) is 43.7 Å². The van der Waals surface area contributed by atoms with Crippen LogP contribution in [0.4, 0.5) is 13.2 Å². The molecule has 2 aromatic rings. The third kappa shape index (κ3) is 4.00. The highest BCUT2D eigenvalue weighted by Gasteiger charge is 2.36. The normalized spacial score (nSPS) is 16.3. The summed E-state index contributed by atoms with van der Waals surface area (Å²) in [5, 5.41) is 4.25. The van der Waals surface area contributed by atoms with Crippen molar-refractivity contribution in [3.8, 4) is 0 Å². The number of alkyl halides is 3. The Labute approximate surface area is 162 Å². The summed E-state index contributed by atoms with van der Waals surface area (Å²) in [7, 11) is 0. The number of likely N-dealkylation sites (tertiary alicyclic amines) is 1. The Hall–Kier alpha value is -2.12. The molecular formula is C20H27F3N4O. The fourth-order valence-electron chi connectivity index (χ4n) is 3.92. The van der Waals surface area contributed by atoms with E-state index in [1.165, 1.54) is 0 Å². The highest BCUT2D eigenvalue weighted by atomic mass is 19.4. The molecule has 0 aromatic carbocycles. The maximum Gasteiger partial charge on any atom is 0.433 e. The van der Waals surface area contributed by atoms with Gasteiger partial charge < -0.3 is 4.90 Å². The number of amides is 1. The molecule has 2 aromatic heterocycles. The molecule has 0 bridgehead atoms. The van der Waals surface area contributed by atoms with Crippen LogP contribution in [0, 0.1) is 5.92 Å². The Balaban J connectivity index is 1.81. The standard InChI is InChI=1S/C20H27F3N4O/c1-4-13(5-2)19(28)26-9-7-14(8-10-26)16-12-18-24-15(6-3)11-17(20(21,22)23)27(18)25-16/h11-14H,4-10H2,1-3H3. The summed E-state index contributed by atoms with van der Waals surface area (Å²) in [6, 6.07) is 2.73. The average Bonchev–Trinajstić information content (AvgIpc) is 3.11. The van der Waals surface area contributed by atoms with E-state index in [1.807, 2.05) is 18.7 Å². The number of halogens is 3. The second kappa shape index (κ2) is 8.09. The van der Waals surface area contributed by atoms with Gasteiger partial charge in [-0.1, -0.05) is 20.8 Å². The van der Waals surface area contributed by atoms with Crippen LogP contribution in [0.15, 0.2) is 12.1 Å². The molecule has 0 unspecified atom stereocenters. The number of carbonyl (C=O) groups is 1. The van der Waals surface area contributed by atoms with Crippen LogP contribution in [-0.2, 0) is 17.4 Å². The molecular weight excluding hydrogens is 369 g/mol. The van der Waals surface area contributed by atoms with E-state index in [1.54, 1.807) is 13.0 Å². The van der Waals surface area contributed by atoms with Crippen molar-refractivity contribution < 1.29 is 18.0 Å². The maximum atomic E-state index is 13.4. The van der Waals surface area contributed by atoms with Crippen LogP contribution in [0.25, 0.3) is 5.65 Å². The first-order valence-corrected chi connectivity index (χ1v) is 10.0. The molecule has 0 spiro atoms. The van der Waals surface area contributed by atoms with Gasteiger partial charge in [-0.15, -0.1) is 0 Å². The third-order valence-electron chi connectivity index (χ3n) is 5.71. The van der Waals surface area contributed by atoms with Gasteiger partial charge in [0.1, 0.15) is 5.69 Å². The van der Waals surface area contributed by atoms with Crippen molar-refractivity contribution in [1.82, 2.24) is 19.5 Å². The molecule has 28 heavy (non-hydrogen) atoms. The van der Waals surface area contributed by atoms with Crippen LogP contribution in [0.3, 0.4) is 0 Å². The lowest BCUT2D eigenvalue weighted by molar-refractivity contribution is -0.142. The van der Waals surface area contributed by atoms with Crippen molar-refractivity contribution >= 4 is 11.6 Å². The number of fused-ring (bicyclic) bond motifs is 1. The van der Waals surface area contributed by atoms with E-state index in [9.17, 15) is 18.0 Å². The van der Waals surface area contributed by atoms with Crippen LogP contribution in [0.2, 0.25) is 0 Å². The number of hydrogen-bond acceptors (Lipinski definition) is 3. The van der Waals surface area contributed by atoms with Gasteiger partial charge in [-0.25, -0.2) is 9.50 Å². The first kappa shape index (κ1) is 20.6. The highest BCUT2D eigenvalue weighted by molar-refractivity contribution is 5.78. The fraction of sp³-hybridized carbons (Fsp3) is 0.650. The van der Waals surface area contributed by atoms with E-state index in [0.717, 1.165) is 23.4 Å². The Kier molecular flexibility index (Phi) is 5.95. The van der Waals surface area contributed by atoms with E-state index in [-0.39, 0.29) is 23.4 Å². The van der Waals surface area contributed by atoms with Crippen molar-refractivity contribution in [1.29, 1.82) is 0 Å². The molecule has 1 fully saturated rings. The van der Waals surface area contributed by atoms with E-state index < -0.39 is 11.9 Å². The minimum absolute atomic E-state index is 0.0404. The molecule has 1 amide bonds. The Morgan fingerprint density at radius 2 is 1.82 bits per heavy atom. The molecule has 1 saturated heterocycles. The lowest BCUT2D eigenvalue weighted by Gasteiger charge is -2.33. The number of nitrogens with zero attached hydrogens (tertiary/aromatic N) is 4. The van der Waals surface area contributed by atoms with Crippen molar-refractivity contribution in [2.75, 3.05) is 13.1 Å². The number of aryl methyl sites for hydroxylation is 1. The smallest absolute Gasteiger partial charge is 0.342 e. The maximum absolute atomic E-state index is 13.4. The minimum Gasteiger partial charge on any atom is -0.342 e. The van der Waals surface area contributed by atoms with Crippen LogP contribution in [-0.4, -0.2) is 38.5 Å². The zero-order chi connectivity index (χ0) is 20.5. The summed E-state index contributed by atoms with van der Waals surface area (Å²) in [6.07, 6.45) is -0.994. The van der Waals surface area contributed by atoms with Crippen molar-refractivity contribution in [2.45, 2.75) is 65.0 Å². The molecule has 0 aliphatic carbocycles. The highest BCUT2D eigenvalue weighted by Crippen LogP contribution is 2.33. The number of hydrogen-bond donors (Lipinski definition) is 0. The molecule has 8 heteroatoms. The Bertz CT molecular complexity index is 834. The molecule has 1 aliphatic rings. The predicted octanol–water partition coefficient (Wildman–Crippen LogP) is 4.45. The quantitative estimate of drug-likeness (QED) is 0.750. The van der Waals surface area contributed by atoms with E-state index in [2.05, 4.69) is 10.1 Å². The summed E-state index contributed by atoms with van der Waals surface area (Å²) < 4.78 is 41.2. The van der Waals surface area contributed by atoms with Crippen LogP contribution in [0.5, 0.6) is 0 Å². The van der Waals surface area contributed by atoms with Crippen molar-refractivity contribution in [2.24, 2.45) is 5.92 Å². The molecule has 5 nitrogen and oxygen atoms in total. The number of piperidine rings is 1. The van der Waals surface area contributed by atoms with Crippen molar-refractivity contribution in [3.05, 3.63) is 29.2 Å². The van der Waals surface area contributed by atoms with Gasteiger partial charge in [-0.3, -0.25) is 4.79 Å². The summed E-state index contributed by atoms with van der Waals surface area (Å²) in [5.41, 5.74) is 0.469.